The summed E-state index contributed by atoms with van der Waals surface area (Å²) in [4.78, 5) is 26.8. The maximum atomic E-state index is 11.9. The van der Waals surface area contributed by atoms with Crippen LogP contribution in [0.5, 0.6) is 0 Å². The second kappa shape index (κ2) is 5.63. The largest absolute Gasteiger partial charge is 0.453 e. The highest BCUT2D eigenvalue weighted by Crippen LogP contribution is 2.15. The van der Waals surface area contributed by atoms with Gasteiger partial charge in [0, 0.05) is 16.5 Å². The lowest BCUT2D eigenvalue weighted by atomic mass is 10.1. The number of Topliss-reactive ketones (excluding diaryl/α,β-unsaturated/α-hetero) is 1. The minimum atomic E-state index is -0.532. The van der Waals surface area contributed by atoms with E-state index in [1.165, 1.54) is 0 Å². The van der Waals surface area contributed by atoms with Gasteiger partial charge in [-0.15, -0.1) is 0 Å². The minimum absolute atomic E-state index is 0.222. The Morgan fingerprint density at radius 2 is 1.67 bits per heavy atom. The van der Waals surface area contributed by atoms with Gasteiger partial charge in [0.05, 0.1) is 0 Å². The lowest BCUT2D eigenvalue weighted by Gasteiger charge is -2.02. The molecule has 0 unspecified atom stereocenters. The number of ether oxygens (including phenoxy) is 1. The van der Waals surface area contributed by atoms with Gasteiger partial charge in [-0.25, -0.2) is 4.79 Å². The molecule has 1 aromatic heterocycles. The molecule has 0 atom stereocenters. The number of para-hydroxylation sites is 1. The Balaban J connectivity index is 1.68. The third-order valence-corrected chi connectivity index (χ3v) is 3.18. The average Bonchev–Trinajstić information content (AvgIpc) is 2.97. The third-order valence-electron chi connectivity index (χ3n) is 3.18. The molecule has 0 aliphatic rings. The molecule has 0 bridgehead atoms. The highest BCUT2D eigenvalue weighted by Gasteiger charge is 2.13. The van der Waals surface area contributed by atoms with Crippen LogP contribution in [0.4, 0.5) is 0 Å². The van der Waals surface area contributed by atoms with Gasteiger partial charge in [0.1, 0.15) is 5.69 Å². The number of benzene rings is 2. The van der Waals surface area contributed by atoms with E-state index in [4.69, 9.17) is 4.74 Å². The van der Waals surface area contributed by atoms with Gasteiger partial charge in [0.15, 0.2) is 12.4 Å². The summed E-state index contributed by atoms with van der Waals surface area (Å²) in [6.07, 6.45) is 0. The fourth-order valence-corrected chi connectivity index (χ4v) is 2.10. The number of nitrogens with one attached hydrogen (secondary N) is 1. The molecule has 104 valence electrons. The number of fused-ring (bicyclic) bond motifs is 1. The molecule has 21 heavy (non-hydrogen) atoms. The zero-order valence-electron chi connectivity index (χ0n) is 11.2. The molecule has 0 radical (unpaired) electrons. The predicted molar refractivity (Wildman–Crippen MR) is 79.4 cm³/mol. The van der Waals surface area contributed by atoms with Gasteiger partial charge in [-0.1, -0.05) is 48.5 Å². The normalized spacial score (nSPS) is 10.5. The first-order valence-electron chi connectivity index (χ1n) is 6.57. The van der Waals surface area contributed by atoms with Gasteiger partial charge in [-0.3, -0.25) is 4.79 Å². The maximum Gasteiger partial charge on any atom is 0.355 e. The SMILES string of the molecule is O=C(COC(=O)c1cc2ccccc2[nH]1)c1ccccc1. The zero-order chi connectivity index (χ0) is 14.7. The molecule has 4 nitrogen and oxygen atoms in total. The number of aromatic nitrogens is 1. The Kier molecular flexibility index (Phi) is 3.51. The zero-order valence-corrected chi connectivity index (χ0v) is 11.2. The molecule has 2 aromatic carbocycles. The van der Waals surface area contributed by atoms with E-state index in [1.54, 1.807) is 30.3 Å². The number of carbonyl (C=O) groups excluding carboxylic acids is 2. The molecule has 3 rings (SSSR count). The second-order valence-corrected chi connectivity index (χ2v) is 4.64. The molecule has 0 saturated heterocycles. The van der Waals surface area contributed by atoms with Crippen molar-refractivity contribution < 1.29 is 14.3 Å². The second-order valence-electron chi connectivity index (χ2n) is 4.64. The number of ketones is 1. The summed E-state index contributed by atoms with van der Waals surface area (Å²) in [5.41, 5.74) is 1.73. The van der Waals surface area contributed by atoms with Crippen LogP contribution in [0.25, 0.3) is 10.9 Å². The fraction of sp³-hybridized carbons (Fsp3) is 0.0588. The first kappa shape index (κ1) is 13.1. The third kappa shape index (κ3) is 2.84. The number of hydrogen-bond donors (Lipinski definition) is 1. The van der Waals surface area contributed by atoms with Crippen molar-refractivity contribution in [1.29, 1.82) is 0 Å². The van der Waals surface area contributed by atoms with Gasteiger partial charge in [0.25, 0.3) is 0 Å². The molecular formula is C17H13NO3. The average molecular weight is 279 g/mol. The van der Waals surface area contributed by atoms with Crippen LogP contribution >= 0.6 is 0 Å². The van der Waals surface area contributed by atoms with E-state index in [2.05, 4.69) is 4.98 Å². The number of H-pyrrole nitrogens is 1. The van der Waals surface area contributed by atoms with Crippen molar-refractivity contribution in [1.82, 2.24) is 4.98 Å². The fourth-order valence-electron chi connectivity index (χ4n) is 2.10. The highest BCUT2D eigenvalue weighted by atomic mass is 16.5. The molecular weight excluding hydrogens is 266 g/mol. The van der Waals surface area contributed by atoms with Crippen LogP contribution in [-0.2, 0) is 4.74 Å². The number of esters is 1. The Morgan fingerprint density at radius 3 is 2.43 bits per heavy atom. The van der Waals surface area contributed by atoms with Crippen LogP contribution in [-0.4, -0.2) is 23.3 Å². The predicted octanol–water partition coefficient (Wildman–Crippen LogP) is 3.21. The van der Waals surface area contributed by atoms with Crippen molar-refractivity contribution in [2.75, 3.05) is 6.61 Å². The Labute approximate surface area is 121 Å². The van der Waals surface area contributed by atoms with E-state index < -0.39 is 5.97 Å². The van der Waals surface area contributed by atoms with E-state index in [1.807, 2.05) is 30.3 Å². The van der Waals surface area contributed by atoms with Crippen molar-refractivity contribution in [2.45, 2.75) is 0 Å². The molecule has 0 aliphatic heterocycles. The van der Waals surface area contributed by atoms with Crippen LogP contribution in [0, 0.1) is 0 Å². The van der Waals surface area contributed by atoms with Gasteiger partial charge in [-0.05, 0) is 12.1 Å². The first-order chi connectivity index (χ1) is 10.2. The van der Waals surface area contributed by atoms with Gasteiger partial charge >= 0.3 is 5.97 Å². The molecule has 0 amide bonds. The van der Waals surface area contributed by atoms with Crippen molar-refractivity contribution in [2.24, 2.45) is 0 Å². The molecule has 0 fully saturated rings. The van der Waals surface area contributed by atoms with E-state index in [-0.39, 0.29) is 12.4 Å². The Morgan fingerprint density at radius 1 is 0.952 bits per heavy atom. The number of carbonyl (C=O) groups is 2. The first-order valence-corrected chi connectivity index (χ1v) is 6.57. The number of aromatic amines is 1. The molecule has 1 heterocycles. The standard InChI is InChI=1S/C17H13NO3/c19-16(12-6-2-1-3-7-12)11-21-17(20)15-10-13-8-4-5-9-14(13)18-15/h1-10,18H,11H2. The molecule has 1 N–H and O–H groups in total. The van der Waals surface area contributed by atoms with Gasteiger partial charge in [0.2, 0.25) is 0 Å². The molecule has 0 spiro atoms. The van der Waals surface area contributed by atoms with E-state index >= 15 is 0 Å². The summed E-state index contributed by atoms with van der Waals surface area (Å²) in [6, 6.07) is 18.0. The monoisotopic (exact) mass is 279 g/mol. The molecule has 4 heteroatoms. The van der Waals surface area contributed by atoms with E-state index in [0.29, 0.717) is 11.3 Å². The highest BCUT2D eigenvalue weighted by molar-refractivity contribution is 6.00. The summed E-state index contributed by atoms with van der Waals surface area (Å²) in [5.74, 6) is -0.754. The quantitative estimate of drug-likeness (QED) is 0.589. The smallest absolute Gasteiger partial charge is 0.355 e. The minimum Gasteiger partial charge on any atom is -0.453 e. The van der Waals surface area contributed by atoms with Crippen LogP contribution in [0.3, 0.4) is 0 Å². The van der Waals surface area contributed by atoms with Crippen molar-refractivity contribution in [3.8, 4) is 0 Å². The van der Waals surface area contributed by atoms with Crippen molar-refractivity contribution in [3.63, 3.8) is 0 Å². The van der Waals surface area contributed by atoms with Crippen molar-refractivity contribution >= 4 is 22.7 Å². The lowest BCUT2D eigenvalue weighted by Crippen LogP contribution is -2.14. The van der Waals surface area contributed by atoms with E-state index in [9.17, 15) is 9.59 Å². The summed E-state index contributed by atoms with van der Waals surface area (Å²) in [5, 5.41) is 0.929. The van der Waals surface area contributed by atoms with Crippen LogP contribution in [0.15, 0.2) is 60.7 Å². The topological polar surface area (TPSA) is 59.2 Å². The summed E-state index contributed by atoms with van der Waals surface area (Å²) in [7, 11) is 0. The Bertz CT molecular complexity index is 757. The van der Waals surface area contributed by atoms with Crippen LogP contribution in [0.2, 0.25) is 0 Å². The number of hydrogen-bond acceptors (Lipinski definition) is 3. The van der Waals surface area contributed by atoms with E-state index in [0.717, 1.165) is 10.9 Å². The van der Waals surface area contributed by atoms with Gasteiger partial charge in [-0.2, -0.15) is 0 Å². The van der Waals surface area contributed by atoms with Crippen molar-refractivity contribution in [3.05, 3.63) is 71.9 Å². The number of rotatable bonds is 4. The summed E-state index contributed by atoms with van der Waals surface area (Å²) in [6.45, 7) is -0.266. The Hall–Kier alpha value is -2.88. The lowest BCUT2D eigenvalue weighted by molar-refractivity contribution is 0.0470. The molecule has 0 saturated carbocycles. The summed E-state index contributed by atoms with van der Waals surface area (Å²) < 4.78 is 5.05. The van der Waals surface area contributed by atoms with Gasteiger partial charge < -0.3 is 9.72 Å². The molecule has 0 aliphatic carbocycles. The molecule has 3 aromatic rings. The summed E-state index contributed by atoms with van der Waals surface area (Å²) >= 11 is 0. The van der Waals surface area contributed by atoms with Crippen LogP contribution in [0.1, 0.15) is 20.8 Å². The van der Waals surface area contributed by atoms with Crippen LogP contribution < -0.4 is 0 Å². The maximum absolute atomic E-state index is 11.9.